The minimum atomic E-state index is -0.881. The molecule has 1 unspecified atom stereocenters. The van der Waals surface area contributed by atoms with E-state index in [1.54, 1.807) is 12.1 Å². The van der Waals surface area contributed by atoms with Crippen LogP contribution in [0.3, 0.4) is 0 Å². The van der Waals surface area contributed by atoms with Crippen molar-refractivity contribution in [2.24, 2.45) is 0 Å². The molecule has 100 valence electrons. The Balaban J connectivity index is 2.27. The highest BCUT2D eigenvalue weighted by Gasteiger charge is 2.28. The summed E-state index contributed by atoms with van der Waals surface area (Å²) < 4.78 is 12.9. The molecule has 0 heterocycles. The zero-order chi connectivity index (χ0) is 13.7. The van der Waals surface area contributed by atoms with E-state index in [1.807, 2.05) is 30.3 Å². The average Bonchev–Trinajstić information content (AvgIpc) is 2.43. The maximum Gasteiger partial charge on any atom is 0.123 e. The summed E-state index contributed by atoms with van der Waals surface area (Å²) in [5.41, 5.74) is 0.982. The predicted octanol–water partition coefficient (Wildman–Crippen LogP) is 4.06. The first-order chi connectivity index (χ1) is 9.14. The molecule has 1 N–H and O–H groups in total. The lowest BCUT2D eigenvalue weighted by molar-refractivity contribution is 0.0269. The van der Waals surface area contributed by atoms with Gasteiger partial charge in [0, 0.05) is 6.42 Å². The maximum absolute atomic E-state index is 12.9. The van der Waals surface area contributed by atoms with Gasteiger partial charge < -0.3 is 5.11 Å². The van der Waals surface area contributed by atoms with Crippen molar-refractivity contribution in [3.8, 4) is 0 Å². The average molecular weight is 258 g/mol. The number of hydrogen-bond acceptors (Lipinski definition) is 1. The molecule has 2 aromatic rings. The summed E-state index contributed by atoms with van der Waals surface area (Å²) in [7, 11) is 0. The first-order valence-corrected chi connectivity index (χ1v) is 6.66. The molecule has 0 fully saturated rings. The van der Waals surface area contributed by atoms with E-state index in [4.69, 9.17) is 0 Å². The second-order valence-electron chi connectivity index (χ2n) is 4.95. The van der Waals surface area contributed by atoms with Gasteiger partial charge in [0.05, 0.1) is 5.60 Å². The van der Waals surface area contributed by atoms with Crippen molar-refractivity contribution in [3.63, 3.8) is 0 Å². The summed E-state index contributed by atoms with van der Waals surface area (Å²) in [6.07, 6.45) is 2.09. The number of rotatable bonds is 5. The highest BCUT2D eigenvalue weighted by atomic mass is 19.1. The highest BCUT2D eigenvalue weighted by molar-refractivity contribution is 5.27. The van der Waals surface area contributed by atoms with Crippen LogP contribution in [0.2, 0.25) is 0 Å². The van der Waals surface area contributed by atoms with Gasteiger partial charge in [-0.1, -0.05) is 55.8 Å². The van der Waals surface area contributed by atoms with E-state index in [0.29, 0.717) is 12.8 Å². The number of hydrogen-bond donors (Lipinski definition) is 1. The maximum atomic E-state index is 12.9. The molecule has 0 amide bonds. The van der Waals surface area contributed by atoms with Crippen LogP contribution in [0.4, 0.5) is 4.39 Å². The third kappa shape index (κ3) is 3.42. The molecular formula is C17H19FO. The normalized spacial score (nSPS) is 14.1. The van der Waals surface area contributed by atoms with E-state index < -0.39 is 5.60 Å². The minimum absolute atomic E-state index is 0.248. The van der Waals surface area contributed by atoms with Crippen LogP contribution in [0, 0.1) is 5.82 Å². The fourth-order valence-electron chi connectivity index (χ4n) is 2.44. The van der Waals surface area contributed by atoms with Crippen molar-refractivity contribution in [2.75, 3.05) is 0 Å². The van der Waals surface area contributed by atoms with Crippen molar-refractivity contribution in [2.45, 2.75) is 31.8 Å². The summed E-state index contributed by atoms with van der Waals surface area (Å²) in [6.45, 7) is 2.05. The molecule has 0 aliphatic carbocycles. The second kappa shape index (κ2) is 5.98. The molecule has 0 aliphatic rings. The van der Waals surface area contributed by atoms with Crippen LogP contribution in [-0.2, 0) is 12.0 Å². The zero-order valence-electron chi connectivity index (χ0n) is 11.1. The van der Waals surface area contributed by atoms with Crippen molar-refractivity contribution < 1.29 is 9.50 Å². The lowest BCUT2D eigenvalue weighted by Gasteiger charge is -2.28. The van der Waals surface area contributed by atoms with Gasteiger partial charge >= 0.3 is 0 Å². The molecule has 0 aromatic heterocycles. The first kappa shape index (κ1) is 13.8. The summed E-state index contributed by atoms with van der Waals surface area (Å²) in [6, 6.07) is 16.0. The Hall–Kier alpha value is -1.67. The lowest BCUT2D eigenvalue weighted by Crippen LogP contribution is -2.28. The molecule has 1 nitrogen and oxygen atoms in total. The van der Waals surface area contributed by atoms with E-state index in [9.17, 15) is 9.50 Å². The molecule has 2 heteroatoms. The molecule has 0 bridgehead atoms. The summed E-state index contributed by atoms with van der Waals surface area (Å²) in [5, 5.41) is 10.9. The predicted molar refractivity (Wildman–Crippen MR) is 75.4 cm³/mol. The van der Waals surface area contributed by atoms with Gasteiger partial charge in [-0.15, -0.1) is 0 Å². The number of halogens is 1. The Morgan fingerprint density at radius 2 is 1.63 bits per heavy atom. The summed E-state index contributed by atoms with van der Waals surface area (Å²) in [5.74, 6) is -0.248. The Bertz CT molecular complexity index is 507. The van der Waals surface area contributed by atoms with E-state index in [-0.39, 0.29) is 5.82 Å². The van der Waals surface area contributed by atoms with E-state index in [2.05, 4.69) is 6.92 Å². The van der Waals surface area contributed by atoms with Crippen LogP contribution >= 0.6 is 0 Å². The molecule has 0 saturated carbocycles. The Morgan fingerprint density at radius 3 is 2.21 bits per heavy atom. The fourth-order valence-corrected chi connectivity index (χ4v) is 2.44. The van der Waals surface area contributed by atoms with E-state index in [0.717, 1.165) is 17.5 Å². The smallest absolute Gasteiger partial charge is 0.123 e. The van der Waals surface area contributed by atoms with Crippen molar-refractivity contribution in [1.82, 2.24) is 0 Å². The third-order valence-electron chi connectivity index (χ3n) is 3.38. The molecule has 0 aliphatic heterocycles. The Kier molecular flexibility index (Phi) is 4.33. The number of benzene rings is 2. The van der Waals surface area contributed by atoms with Crippen LogP contribution in [0.25, 0.3) is 0 Å². The first-order valence-electron chi connectivity index (χ1n) is 6.66. The summed E-state index contributed by atoms with van der Waals surface area (Å²) >= 11 is 0. The monoisotopic (exact) mass is 258 g/mol. The quantitative estimate of drug-likeness (QED) is 0.857. The Labute approximate surface area is 113 Å². The van der Waals surface area contributed by atoms with Gasteiger partial charge in [0.25, 0.3) is 0 Å². The van der Waals surface area contributed by atoms with Gasteiger partial charge in [0.2, 0.25) is 0 Å². The third-order valence-corrected chi connectivity index (χ3v) is 3.38. The lowest BCUT2D eigenvalue weighted by atomic mass is 9.84. The topological polar surface area (TPSA) is 20.2 Å². The SMILES string of the molecule is CCCC(O)(Cc1ccc(F)cc1)c1ccccc1. The van der Waals surface area contributed by atoms with E-state index >= 15 is 0 Å². The molecule has 0 saturated heterocycles. The van der Waals surface area contributed by atoms with Gasteiger partial charge in [-0.3, -0.25) is 0 Å². The van der Waals surface area contributed by atoms with Gasteiger partial charge in [0.15, 0.2) is 0 Å². The fraction of sp³-hybridized carbons (Fsp3) is 0.294. The van der Waals surface area contributed by atoms with Crippen molar-refractivity contribution in [3.05, 3.63) is 71.5 Å². The highest BCUT2D eigenvalue weighted by Crippen LogP contribution is 2.30. The van der Waals surface area contributed by atoms with Gasteiger partial charge in [-0.25, -0.2) is 4.39 Å². The molecule has 2 rings (SSSR count). The standard InChI is InChI=1S/C17H19FO/c1-2-12-17(19,15-6-4-3-5-7-15)13-14-8-10-16(18)11-9-14/h3-11,19H,2,12-13H2,1H3. The van der Waals surface area contributed by atoms with Crippen LogP contribution in [-0.4, -0.2) is 5.11 Å². The van der Waals surface area contributed by atoms with Gasteiger partial charge in [0.1, 0.15) is 5.82 Å². The molecule has 1 atom stereocenters. The molecule has 19 heavy (non-hydrogen) atoms. The van der Waals surface area contributed by atoms with E-state index in [1.165, 1.54) is 12.1 Å². The second-order valence-corrected chi connectivity index (χ2v) is 4.95. The van der Waals surface area contributed by atoms with Crippen LogP contribution < -0.4 is 0 Å². The van der Waals surface area contributed by atoms with Crippen molar-refractivity contribution >= 4 is 0 Å². The Morgan fingerprint density at radius 1 is 1.00 bits per heavy atom. The number of aliphatic hydroxyl groups is 1. The minimum Gasteiger partial charge on any atom is -0.385 e. The van der Waals surface area contributed by atoms with Crippen LogP contribution in [0.1, 0.15) is 30.9 Å². The molecule has 2 aromatic carbocycles. The van der Waals surface area contributed by atoms with Gasteiger partial charge in [-0.2, -0.15) is 0 Å². The summed E-state index contributed by atoms with van der Waals surface area (Å²) in [4.78, 5) is 0. The molecule has 0 radical (unpaired) electrons. The van der Waals surface area contributed by atoms with Crippen LogP contribution in [0.5, 0.6) is 0 Å². The van der Waals surface area contributed by atoms with Gasteiger partial charge in [-0.05, 0) is 29.7 Å². The van der Waals surface area contributed by atoms with Crippen LogP contribution in [0.15, 0.2) is 54.6 Å². The largest absolute Gasteiger partial charge is 0.385 e. The molecular weight excluding hydrogens is 239 g/mol. The molecule has 0 spiro atoms. The van der Waals surface area contributed by atoms with Crippen molar-refractivity contribution in [1.29, 1.82) is 0 Å². The zero-order valence-corrected chi connectivity index (χ0v) is 11.1.